The summed E-state index contributed by atoms with van der Waals surface area (Å²) in [5.41, 5.74) is 3.57. The van der Waals surface area contributed by atoms with E-state index in [4.69, 9.17) is 16.0 Å². The monoisotopic (exact) mass is 427 g/mol. The molecule has 158 valence electrons. The number of aromatic nitrogens is 1. The lowest BCUT2D eigenvalue weighted by atomic mass is 10.1. The van der Waals surface area contributed by atoms with Gasteiger partial charge in [-0.05, 0) is 38.5 Å². The van der Waals surface area contributed by atoms with Crippen LogP contribution in [0.3, 0.4) is 0 Å². The van der Waals surface area contributed by atoms with Gasteiger partial charge in [-0.15, -0.1) is 11.6 Å². The van der Waals surface area contributed by atoms with Crippen molar-refractivity contribution in [2.75, 3.05) is 19.6 Å². The maximum absolute atomic E-state index is 13.4. The van der Waals surface area contributed by atoms with Gasteiger partial charge in [-0.25, -0.2) is 0 Å². The molecule has 0 N–H and O–H groups in total. The Morgan fingerprint density at radius 1 is 1.23 bits per heavy atom. The summed E-state index contributed by atoms with van der Waals surface area (Å²) in [6.45, 7) is 7.68. The van der Waals surface area contributed by atoms with Crippen LogP contribution in [0.15, 0.2) is 47.1 Å². The molecule has 0 saturated carbocycles. The van der Waals surface area contributed by atoms with Crippen LogP contribution in [0.4, 0.5) is 0 Å². The Balaban J connectivity index is 1.60. The second-order valence-corrected chi connectivity index (χ2v) is 8.69. The zero-order valence-electron chi connectivity index (χ0n) is 17.5. The van der Waals surface area contributed by atoms with E-state index in [1.54, 1.807) is 18.1 Å². The second-order valence-electron chi connectivity index (χ2n) is 8.03. The van der Waals surface area contributed by atoms with Gasteiger partial charge in [0.2, 0.25) is 11.6 Å². The number of carbonyl (C=O) groups is 2. The van der Waals surface area contributed by atoms with Crippen LogP contribution in [0.25, 0.3) is 11.1 Å². The third-order valence-corrected chi connectivity index (χ3v) is 5.87. The molecular formula is C23H26ClN3O3. The van der Waals surface area contributed by atoms with E-state index in [2.05, 4.69) is 25.1 Å². The molecule has 1 fully saturated rings. The van der Waals surface area contributed by atoms with Gasteiger partial charge in [0.15, 0.2) is 0 Å². The summed E-state index contributed by atoms with van der Waals surface area (Å²) in [7, 11) is 0. The van der Waals surface area contributed by atoms with Gasteiger partial charge in [-0.3, -0.25) is 9.59 Å². The third-order valence-electron chi connectivity index (χ3n) is 5.68. The standard InChI is InChI=1S/C23H26ClN3O3/c1-15-5-4-6-18(11-15)14-27-20(12-19-7-10-30-23(19)27)22(29)25-8-9-26(16(2)13-25)21(28)17(3)24/h4-7,10-12,16-17H,8-9,13-14H2,1-3H3/t16-,17+/m0/s1. The first kappa shape index (κ1) is 20.5. The first-order valence-electron chi connectivity index (χ1n) is 10.2. The quantitative estimate of drug-likeness (QED) is 0.593. The highest BCUT2D eigenvalue weighted by molar-refractivity contribution is 6.30. The Hall–Kier alpha value is -2.73. The minimum absolute atomic E-state index is 0.0491. The van der Waals surface area contributed by atoms with Crippen molar-refractivity contribution < 1.29 is 14.0 Å². The normalized spacial score (nSPS) is 18.1. The number of nitrogens with zero attached hydrogens (tertiary/aromatic N) is 3. The number of hydrogen-bond acceptors (Lipinski definition) is 3. The maximum atomic E-state index is 13.4. The number of halogens is 1. The average molecular weight is 428 g/mol. The Morgan fingerprint density at radius 3 is 2.73 bits per heavy atom. The fourth-order valence-electron chi connectivity index (χ4n) is 4.16. The summed E-state index contributed by atoms with van der Waals surface area (Å²) in [6.07, 6.45) is 1.64. The predicted molar refractivity (Wildman–Crippen MR) is 117 cm³/mol. The molecule has 1 aromatic carbocycles. The number of furan rings is 1. The van der Waals surface area contributed by atoms with Gasteiger partial charge in [0, 0.05) is 31.1 Å². The maximum Gasteiger partial charge on any atom is 0.270 e. The van der Waals surface area contributed by atoms with Gasteiger partial charge >= 0.3 is 0 Å². The highest BCUT2D eigenvalue weighted by Gasteiger charge is 2.33. The van der Waals surface area contributed by atoms with Crippen LogP contribution in [0.1, 0.15) is 35.5 Å². The van der Waals surface area contributed by atoms with Crippen molar-refractivity contribution in [2.45, 2.75) is 38.7 Å². The van der Waals surface area contributed by atoms with Crippen molar-refractivity contribution in [2.24, 2.45) is 0 Å². The summed E-state index contributed by atoms with van der Waals surface area (Å²) in [6, 6.07) is 11.9. The topological polar surface area (TPSA) is 58.7 Å². The molecule has 2 atom stereocenters. The lowest BCUT2D eigenvalue weighted by Gasteiger charge is -2.40. The van der Waals surface area contributed by atoms with Crippen LogP contribution in [0.2, 0.25) is 0 Å². The number of benzene rings is 1. The number of fused-ring (bicyclic) bond motifs is 1. The first-order chi connectivity index (χ1) is 14.3. The molecule has 2 aromatic heterocycles. The van der Waals surface area contributed by atoms with Crippen LogP contribution in [-0.2, 0) is 11.3 Å². The molecule has 0 radical (unpaired) electrons. The number of alkyl halides is 1. The molecule has 3 heterocycles. The Bertz CT molecular complexity index is 1080. The molecule has 0 bridgehead atoms. The molecule has 4 rings (SSSR count). The van der Waals surface area contributed by atoms with E-state index < -0.39 is 5.38 Å². The highest BCUT2D eigenvalue weighted by atomic mass is 35.5. The van der Waals surface area contributed by atoms with Crippen molar-refractivity contribution >= 4 is 34.5 Å². The average Bonchev–Trinajstić information content (AvgIpc) is 3.29. The van der Waals surface area contributed by atoms with Crippen molar-refractivity contribution in [3.63, 3.8) is 0 Å². The number of piperazine rings is 1. The fourth-order valence-corrected chi connectivity index (χ4v) is 4.29. The first-order valence-corrected chi connectivity index (χ1v) is 10.6. The molecule has 0 spiro atoms. The van der Waals surface area contributed by atoms with Crippen LogP contribution >= 0.6 is 11.6 Å². The Labute approximate surface area is 181 Å². The van der Waals surface area contributed by atoms with E-state index >= 15 is 0 Å². The summed E-state index contributed by atoms with van der Waals surface area (Å²) >= 11 is 5.98. The number of hydrogen-bond donors (Lipinski definition) is 0. The molecule has 6 nitrogen and oxygen atoms in total. The van der Waals surface area contributed by atoms with E-state index in [0.29, 0.717) is 37.6 Å². The lowest BCUT2D eigenvalue weighted by Crippen LogP contribution is -2.56. The second kappa shape index (κ2) is 8.19. The van der Waals surface area contributed by atoms with Gasteiger partial charge in [-0.1, -0.05) is 29.8 Å². The van der Waals surface area contributed by atoms with E-state index in [1.807, 2.05) is 34.6 Å². The molecule has 1 aliphatic rings. The number of rotatable bonds is 4. The Morgan fingerprint density at radius 2 is 2.03 bits per heavy atom. The van der Waals surface area contributed by atoms with E-state index in [0.717, 1.165) is 10.9 Å². The van der Waals surface area contributed by atoms with Gasteiger partial charge in [0.25, 0.3) is 5.91 Å². The van der Waals surface area contributed by atoms with Crippen LogP contribution in [-0.4, -0.2) is 57.2 Å². The third kappa shape index (κ3) is 3.84. The summed E-state index contributed by atoms with van der Waals surface area (Å²) in [5, 5.41) is 0.344. The van der Waals surface area contributed by atoms with E-state index in [1.165, 1.54) is 5.56 Å². The van der Waals surface area contributed by atoms with Crippen LogP contribution in [0.5, 0.6) is 0 Å². The number of carbonyl (C=O) groups excluding carboxylic acids is 2. The van der Waals surface area contributed by atoms with Gasteiger partial charge < -0.3 is 18.8 Å². The molecule has 3 aromatic rings. The minimum atomic E-state index is -0.562. The van der Waals surface area contributed by atoms with Gasteiger partial charge in [0.1, 0.15) is 11.1 Å². The lowest BCUT2D eigenvalue weighted by molar-refractivity contribution is -0.134. The molecule has 1 saturated heterocycles. The van der Waals surface area contributed by atoms with E-state index in [9.17, 15) is 9.59 Å². The van der Waals surface area contributed by atoms with E-state index in [-0.39, 0.29) is 17.9 Å². The SMILES string of the molecule is Cc1cccc(Cn2c(C(=O)N3CCN(C(=O)[C@@H](C)Cl)[C@@H](C)C3)cc3ccoc32)c1. The van der Waals surface area contributed by atoms with Crippen LogP contribution in [0, 0.1) is 6.92 Å². The van der Waals surface area contributed by atoms with Crippen molar-refractivity contribution in [1.82, 2.24) is 14.4 Å². The van der Waals surface area contributed by atoms with Crippen molar-refractivity contribution in [3.8, 4) is 0 Å². The molecule has 2 amide bonds. The van der Waals surface area contributed by atoms with Gasteiger partial charge in [0.05, 0.1) is 12.8 Å². The molecule has 7 heteroatoms. The van der Waals surface area contributed by atoms with Crippen LogP contribution < -0.4 is 0 Å². The smallest absolute Gasteiger partial charge is 0.270 e. The van der Waals surface area contributed by atoms with Crippen molar-refractivity contribution in [1.29, 1.82) is 0 Å². The zero-order chi connectivity index (χ0) is 21.4. The summed E-state index contributed by atoms with van der Waals surface area (Å²) in [4.78, 5) is 29.3. The largest absolute Gasteiger partial charge is 0.448 e. The van der Waals surface area contributed by atoms with Gasteiger partial charge in [-0.2, -0.15) is 0 Å². The fraction of sp³-hybridized carbons (Fsp3) is 0.391. The number of amides is 2. The number of aryl methyl sites for hydroxylation is 1. The molecular weight excluding hydrogens is 402 g/mol. The molecule has 0 aliphatic carbocycles. The summed E-state index contributed by atoms with van der Waals surface area (Å²) in [5.74, 6) is -0.136. The molecule has 1 aliphatic heterocycles. The molecule has 30 heavy (non-hydrogen) atoms. The van der Waals surface area contributed by atoms with Crippen molar-refractivity contribution in [3.05, 3.63) is 59.5 Å². The summed E-state index contributed by atoms with van der Waals surface area (Å²) < 4.78 is 7.63. The highest BCUT2D eigenvalue weighted by Crippen LogP contribution is 2.25. The Kier molecular flexibility index (Phi) is 5.60. The predicted octanol–water partition coefficient (Wildman–Crippen LogP) is 3.89. The molecule has 0 unspecified atom stereocenters. The minimum Gasteiger partial charge on any atom is -0.448 e. The zero-order valence-corrected chi connectivity index (χ0v) is 18.2.